The van der Waals surface area contributed by atoms with Crippen molar-refractivity contribution >= 4 is 22.8 Å². The van der Waals surface area contributed by atoms with E-state index >= 15 is 0 Å². The first-order chi connectivity index (χ1) is 17.0. The molecule has 2 atom stereocenters. The summed E-state index contributed by atoms with van der Waals surface area (Å²) in [6.45, 7) is 4.83. The van der Waals surface area contributed by atoms with Crippen LogP contribution in [0.1, 0.15) is 79.9 Å². The van der Waals surface area contributed by atoms with Gasteiger partial charge in [-0.2, -0.15) is 5.10 Å². The van der Waals surface area contributed by atoms with Crippen molar-refractivity contribution in [2.75, 3.05) is 6.54 Å². The van der Waals surface area contributed by atoms with Gasteiger partial charge in [0.2, 0.25) is 5.91 Å². The van der Waals surface area contributed by atoms with Gasteiger partial charge in [0, 0.05) is 24.7 Å². The van der Waals surface area contributed by atoms with Gasteiger partial charge >= 0.3 is 0 Å². The number of hydrogen-bond donors (Lipinski definition) is 3. The molecule has 2 unspecified atom stereocenters. The Morgan fingerprint density at radius 1 is 1.14 bits per heavy atom. The van der Waals surface area contributed by atoms with Gasteiger partial charge in [-0.3, -0.25) is 14.3 Å². The molecule has 184 valence electrons. The Bertz CT molecular complexity index is 1240. The Labute approximate surface area is 205 Å². The van der Waals surface area contributed by atoms with Gasteiger partial charge in [-0.15, -0.1) is 0 Å². The van der Waals surface area contributed by atoms with Crippen LogP contribution in [-0.2, 0) is 11.2 Å². The molecule has 0 radical (unpaired) electrons. The van der Waals surface area contributed by atoms with E-state index in [2.05, 4.69) is 32.8 Å². The van der Waals surface area contributed by atoms with Crippen molar-refractivity contribution in [1.29, 1.82) is 0 Å². The van der Waals surface area contributed by atoms with Crippen molar-refractivity contribution in [3.63, 3.8) is 0 Å². The van der Waals surface area contributed by atoms with Crippen molar-refractivity contribution in [3.05, 3.63) is 47.5 Å². The van der Waals surface area contributed by atoms with Crippen LogP contribution in [0.5, 0.6) is 0 Å². The molecule has 3 heterocycles. The molecule has 8 nitrogen and oxygen atoms in total. The van der Waals surface area contributed by atoms with E-state index in [1.807, 2.05) is 19.9 Å². The van der Waals surface area contributed by atoms with Crippen molar-refractivity contribution in [2.45, 2.75) is 64.5 Å². The molecule has 1 saturated heterocycles. The lowest BCUT2D eigenvalue weighted by atomic mass is 9.88. The molecule has 1 aromatic carbocycles. The van der Waals surface area contributed by atoms with Crippen LogP contribution in [0, 0.1) is 23.7 Å². The topological polar surface area (TPSA) is 105 Å². The molecular formula is C27H34N6O2. The first-order valence-corrected chi connectivity index (χ1v) is 13.1. The molecule has 3 aliphatic rings. The number of carbonyl (C=O) groups is 2. The molecule has 2 aliphatic carbocycles. The fourth-order valence-electron chi connectivity index (χ4n) is 5.83. The van der Waals surface area contributed by atoms with E-state index in [0.717, 1.165) is 41.8 Å². The second kappa shape index (κ2) is 8.81. The van der Waals surface area contributed by atoms with E-state index in [1.54, 1.807) is 16.9 Å². The highest BCUT2D eigenvalue weighted by molar-refractivity contribution is 5.93. The van der Waals surface area contributed by atoms with E-state index < -0.39 is 0 Å². The van der Waals surface area contributed by atoms with Gasteiger partial charge in [0.1, 0.15) is 11.5 Å². The van der Waals surface area contributed by atoms with Crippen LogP contribution >= 0.6 is 0 Å². The molecule has 3 fully saturated rings. The van der Waals surface area contributed by atoms with Gasteiger partial charge in [0.15, 0.2) is 0 Å². The van der Waals surface area contributed by atoms with Crippen LogP contribution in [0.4, 0.5) is 0 Å². The number of benzene rings is 1. The third-order valence-corrected chi connectivity index (χ3v) is 7.90. The number of imidazole rings is 1. The summed E-state index contributed by atoms with van der Waals surface area (Å²) in [6, 6.07) is 7.97. The molecule has 0 spiro atoms. The molecule has 8 heteroatoms. The van der Waals surface area contributed by atoms with Crippen LogP contribution in [-0.4, -0.2) is 38.1 Å². The molecule has 2 aromatic heterocycles. The Hall–Kier alpha value is -3.16. The molecule has 1 aliphatic heterocycles. The monoisotopic (exact) mass is 474 g/mol. The predicted molar refractivity (Wildman–Crippen MR) is 133 cm³/mol. The molecule has 3 N–H and O–H groups in total. The standard InChI is InChI=1S/C27H34N6O2/c1-15(2)33-22(10-12-29-33)27(35)32-24(23(17-4-5-17)18-6-7-18)25-30-20-8-3-16(14-21(20)31-25)13-19-9-11-28-26(19)34/h3,8,10,12,14-15,17-19,23-24H,4-7,9,11,13H2,1-2H3,(H,28,34)(H,30,31)(H,32,35). The quantitative estimate of drug-likeness (QED) is 0.437. The van der Waals surface area contributed by atoms with Gasteiger partial charge in [-0.25, -0.2) is 4.98 Å². The number of H-pyrrole nitrogens is 1. The average molecular weight is 475 g/mol. The van der Waals surface area contributed by atoms with Crippen LogP contribution < -0.4 is 10.6 Å². The number of nitrogens with one attached hydrogen (secondary N) is 3. The van der Waals surface area contributed by atoms with Crippen LogP contribution in [0.3, 0.4) is 0 Å². The van der Waals surface area contributed by atoms with Gasteiger partial charge in [-0.1, -0.05) is 6.07 Å². The van der Waals surface area contributed by atoms with E-state index in [1.165, 1.54) is 25.7 Å². The van der Waals surface area contributed by atoms with Crippen LogP contribution in [0.25, 0.3) is 11.0 Å². The number of hydrogen-bond acceptors (Lipinski definition) is 4. The molecule has 35 heavy (non-hydrogen) atoms. The fourth-order valence-corrected chi connectivity index (χ4v) is 5.83. The van der Waals surface area contributed by atoms with Crippen molar-refractivity contribution in [3.8, 4) is 0 Å². The smallest absolute Gasteiger partial charge is 0.270 e. The molecule has 0 bridgehead atoms. The fraction of sp³-hybridized carbons (Fsp3) is 0.556. The third kappa shape index (κ3) is 4.46. The summed E-state index contributed by atoms with van der Waals surface area (Å²) in [5.74, 6) is 2.62. The summed E-state index contributed by atoms with van der Waals surface area (Å²) >= 11 is 0. The number of nitrogens with zero attached hydrogens (tertiary/aromatic N) is 3. The van der Waals surface area contributed by atoms with E-state index in [4.69, 9.17) is 4.98 Å². The Morgan fingerprint density at radius 3 is 2.57 bits per heavy atom. The first-order valence-electron chi connectivity index (χ1n) is 13.1. The Kier molecular flexibility index (Phi) is 5.61. The van der Waals surface area contributed by atoms with Crippen molar-refractivity contribution in [2.24, 2.45) is 23.7 Å². The third-order valence-electron chi connectivity index (χ3n) is 7.90. The number of aromatic amines is 1. The number of aromatic nitrogens is 4. The number of amides is 2. The summed E-state index contributed by atoms with van der Waals surface area (Å²) < 4.78 is 1.78. The minimum Gasteiger partial charge on any atom is -0.356 e. The van der Waals surface area contributed by atoms with Crippen LogP contribution in [0.15, 0.2) is 30.5 Å². The highest BCUT2D eigenvalue weighted by Crippen LogP contribution is 2.54. The maximum absolute atomic E-state index is 13.4. The highest BCUT2D eigenvalue weighted by atomic mass is 16.2. The summed E-state index contributed by atoms with van der Waals surface area (Å²) in [6.07, 6.45) is 8.22. The lowest BCUT2D eigenvalue weighted by molar-refractivity contribution is -0.122. The second-order valence-corrected chi connectivity index (χ2v) is 10.9. The molecule has 2 amide bonds. The number of carbonyl (C=O) groups excluding carboxylic acids is 2. The average Bonchev–Trinajstić information content (AvgIpc) is 3.71. The van der Waals surface area contributed by atoms with Crippen molar-refractivity contribution in [1.82, 2.24) is 30.4 Å². The largest absolute Gasteiger partial charge is 0.356 e. The van der Waals surface area contributed by atoms with Crippen LogP contribution in [0.2, 0.25) is 0 Å². The zero-order valence-corrected chi connectivity index (χ0v) is 20.5. The summed E-state index contributed by atoms with van der Waals surface area (Å²) in [5.41, 5.74) is 3.59. The highest BCUT2D eigenvalue weighted by Gasteiger charge is 2.47. The second-order valence-electron chi connectivity index (χ2n) is 10.9. The maximum atomic E-state index is 13.4. The molecule has 3 aromatic rings. The van der Waals surface area contributed by atoms with Gasteiger partial charge < -0.3 is 15.6 Å². The zero-order chi connectivity index (χ0) is 24.1. The van der Waals surface area contributed by atoms with E-state index in [0.29, 0.717) is 23.4 Å². The molecule has 6 rings (SSSR count). The SMILES string of the molecule is CC(C)n1nccc1C(=O)NC(c1nc2ccc(CC3CCNC3=O)cc2[nH]1)C(C1CC1)C1CC1. The van der Waals surface area contributed by atoms with Crippen molar-refractivity contribution < 1.29 is 9.59 Å². The Balaban J connectivity index is 1.31. The lowest BCUT2D eigenvalue weighted by Crippen LogP contribution is -2.37. The molecule has 2 saturated carbocycles. The van der Waals surface area contributed by atoms with Gasteiger partial charge in [-0.05, 0) is 93.9 Å². The van der Waals surface area contributed by atoms with E-state index in [9.17, 15) is 9.59 Å². The zero-order valence-electron chi connectivity index (χ0n) is 20.5. The minimum atomic E-state index is -0.158. The summed E-state index contributed by atoms with van der Waals surface area (Å²) in [4.78, 5) is 34.0. The molecular weight excluding hydrogens is 440 g/mol. The normalized spacial score (nSPS) is 21.1. The first kappa shape index (κ1) is 22.3. The number of rotatable bonds is 9. The van der Waals surface area contributed by atoms with Gasteiger partial charge in [0.25, 0.3) is 5.91 Å². The lowest BCUT2D eigenvalue weighted by Gasteiger charge is -2.27. The minimum absolute atomic E-state index is 0.0433. The van der Waals surface area contributed by atoms with E-state index in [-0.39, 0.29) is 29.8 Å². The predicted octanol–water partition coefficient (Wildman–Crippen LogP) is 3.93. The Morgan fingerprint density at radius 2 is 1.91 bits per heavy atom. The summed E-state index contributed by atoms with van der Waals surface area (Å²) in [7, 11) is 0. The summed E-state index contributed by atoms with van der Waals surface area (Å²) in [5, 5.41) is 10.6. The van der Waals surface area contributed by atoms with Gasteiger partial charge in [0.05, 0.1) is 17.1 Å². The number of fused-ring (bicyclic) bond motifs is 1. The maximum Gasteiger partial charge on any atom is 0.270 e.